The molecule has 0 amide bonds. The van der Waals surface area contributed by atoms with E-state index in [1.807, 2.05) is 4.90 Å². The van der Waals surface area contributed by atoms with Crippen LogP contribution in [0.15, 0.2) is 47.5 Å². The number of ether oxygens (including phenoxy) is 1. The lowest BCUT2D eigenvalue weighted by Gasteiger charge is -2.27. The van der Waals surface area contributed by atoms with Gasteiger partial charge in [0.25, 0.3) is 0 Å². The third-order valence-corrected chi connectivity index (χ3v) is 6.20. The summed E-state index contributed by atoms with van der Waals surface area (Å²) in [6, 6.07) is 8.07. The van der Waals surface area contributed by atoms with Gasteiger partial charge < -0.3 is 20.7 Å². The Morgan fingerprint density at radius 2 is 1.76 bits per heavy atom. The molecule has 1 aliphatic heterocycles. The van der Waals surface area contributed by atoms with Gasteiger partial charge in [-0.3, -0.25) is 0 Å². The number of nitrogen functional groups attached to an aromatic ring is 1. The summed E-state index contributed by atoms with van der Waals surface area (Å²) in [6.45, 7) is 1.80. The number of nitrogens with two attached hydrogens (primary N) is 1. The first-order valence-corrected chi connectivity index (χ1v) is 12.0. The van der Waals surface area contributed by atoms with Gasteiger partial charge >= 0.3 is 6.18 Å². The normalized spacial score (nSPS) is 14.8. The van der Waals surface area contributed by atoms with Crippen LogP contribution in [0.25, 0.3) is 11.3 Å². The van der Waals surface area contributed by atoms with Crippen molar-refractivity contribution in [2.75, 3.05) is 48.5 Å². The summed E-state index contributed by atoms with van der Waals surface area (Å²) >= 11 is 0. The van der Waals surface area contributed by atoms with Gasteiger partial charge in [0.05, 0.1) is 29.4 Å². The number of nitrogens with one attached hydrogen (secondary N) is 1. The monoisotopic (exact) mass is 494 g/mol. The molecule has 0 unspecified atom stereocenters. The first-order chi connectivity index (χ1) is 16.0. The molecule has 13 heteroatoms. The lowest BCUT2D eigenvalue weighted by molar-refractivity contribution is -0.137. The molecular weight excluding hydrogens is 473 g/mol. The maximum atomic E-state index is 13.7. The van der Waals surface area contributed by atoms with Gasteiger partial charge in [0, 0.05) is 42.9 Å². The Labute approximate surface area is 193 Å². The Morgan fingerprint density at radius 1 is 1.09 bits per heavy atom. The van der Waals surface area contributed by atoms with Crippen molar-refractivity contribution in [3.05, 3.63) is 48.2 Å². The van der Waals surface area contributed by atoms with Crippen molar-refractivity contribution in [2.45, 2.75) is 11.1 Å². The number of hydrogen-bond donors (Lipinski definition) is 2. The van der Waals surface area contributed by atoms with Gasteiger partial charge in [0.1, 0.15) is 11.6 Å². The Kier molecular flexibility index (Phi) is 6.32. The van der Waals surface area contributed by atoms with Crippen molar-refractivity contribution in [2.24, 2.45) is 0 Å². The Balaban J connectivity index is 1.78. The minimum Gasteiger partial charge on any atom is -0.384 e. The predicted octanol–water partition coefficient (Wildman–Crippen LogP) is 3.12. The van der Waals surface area contributed by atoms with Crippen LogP contribution >= 0.6 is 0 Å². The highest BCUT2D eigenvalue weighted by atomic mass is 32.2. The average molecular weight is 494 g/mol. The standard InChI is InChI=1S/C21H21F3N6O3S/c1-34(31,32)14-4-2-13(3-5-14)27-19-11-17(28-20(29-19)30-6-8-33-9-7-30)15-12-26-18(25)10-16(15)21(22,23)24/h2-5,10-12H,6-9H2,1H3,(H2,25,26)(H,27,28,29). The molecular formula is C21H21F3N6O3S. The van der Waals surface area contributed by atoms with E-state index >= 15 is 0 Å². The van der Waals surface area contributed by atoms with Crippen LogP contribution in [0.5, 0.6) is 0 Å². The maximum Gasteiger partial charge on any atom is 0.417 e. The SMILES string of the molecule is CS(=O)(=O)c1ccc(Nc2cc(-c3cnc(N)cc3C(F)(F)F)nc(N3CCOCC3)n2)cc1. The Morgan fingerprint density at radius 3 is 2.38 bits per heavy atom. The molecule has 1 saturated heterocycles. The number of pyridine rings is 1. The molecule has 180 valence electrons. The topological polar surface area (TPSA) is 123 Å². The Bertz CT molecular complexity index is 1290. The zero-order valence-corrected chi connectivity index (χ0v) is 18.8. The van der Waals surface area contributed by atoms with Crippen LogP contribution in [0.3, 0.4) is 0 Å². The second-order valence-electron chi connectivity index (χ2n) is 7.61. The summed E-state index contributed by atoms with van der Waals surface area (Å²) in [5, 5.41) is 3.01. The molecule has 0 atom stereocenters. The highest BCUT2D eigenvalue weighted by Crippen LogP contribution is 2.38. The lowest BCUT2D eigenvalue weighted by Crippen LogP contribution is -2.37. The predicted molar refractivity (Wildman–Crippen MR) is 121 cm³/mol. The summed E-state index contributed by atoms with van der Waals surface area (Å²) in [5.74, 6) is 0.187. The first-order valence-electron chi connectivity index (χ1n) is 10.1. The van der Waals surface area contributed by atoms with Crippen LogP contribution in [0.2, 0.25) is 0 Å². The number of rotatable bonds is 5. The van der Waals surface area contributed by atoms with Gasteiger partial charge in [-0.2, -0.15) is 18.2 Å². The fourth-order valence-corrected chi connectivity index (χ4v) is 4.02. The highest BCUT2D eigenvalue weighted by molar-refractivity contribution is 7.90. The van der Waals surface area contributed by atoms with E-state index < -0.39 is 21.6 Å². The molecule has 2 aromatic heterocycles. The molecule has 3 aromatic rings. The van der Waals surface area contributed by atoms with Crippen molar-refractivity contribution >= 4 is 33.1 Å². The number of anilines is 4. The number of benzene rings is 1. The summed E-state index contributed by atoms with van der Waals surface area (Å²) in [4.78, 5) is 14.6. The summed E-state index contributed by atoms with van der Waals surface area (Å²) < 4.78 is 69.9. The van der Waals surface area contributed by atoms with Gasteiger partial charge in [-0.1, -0.05) is 0 Å². The molecule has 34 heavy (non-hydrogen) atoms. The van der Waals surface area contributed by atoms with Gasteiger partial charge in [-0.05, 0) is 30.3 Å². The molecule has 0 spiro atoms. The molecule has 0 aliphatic carbocycles. The van der Waals surface area contributed by atoms with Crippen molar-refractivity contribution in [1.82, 2.24) is 15.0 Å². The van der Waals surface area contributed by atoms with Crippen molar-refractivity contribution < 1.29 is 26.3 Å². The second-order valence-corrected chi connectivity index (χ2v) is 9.63. The molecule has 4 rings (SSSR count). The van der Waals surface area contributed by atoms with E-state index in [9.17, 15) is 21.6 Å². The van der Waals surface area contributed by atoms with E-state index in [0.29, 0.717) is 32.0 Å². The van der Waals surface area contributed by atoms with Crippen LogP contribution < -0.4 is 16.0 Å². The highest BCUT2D eigenvalue weighted by Gasteiger charge is 2.35. The minimum absolute atomic E-state index is 0.00609. The first kappa shape index (κ1) is 23.7. The van der Waals surface area contributed by atoms with E-state index in [0.717, 1.165) is 18.5 Å². The number of hydrogen-bond acceptors (Lipinski definition) is 9. The van der Waals surface area contributed by atoms with Crippen LogP contribution in [0.1, 0.15) is 5.56 Å². The van der Waals surface area contributed by atoms with E-state index in [4.69, 9.17) is 10.5 Å². The van der Waals surface area contributed by atoms with E-state index in [-0.39, 0.29) is 33.7 Å². The third kappa shape index (κ3) is 5.37. The molecule has 0 radical (unpaired) electrons. The average Bonchev–Trinajstić information content (AvgIpc) is 2.78. The lowest BCUT2D eigenvalue weighted by atomic mass is 10.1. The largest absolute Gasteiger partial charge is 0.417 e. The summed E-state index contributed by atoms with van der Waals surface area (Å²) in [6.07, 6.45) is -2.54. The van der Waals surface area contributed by atoms with Gasteiger partial charge in [-0.25, -0.2) is 18.4 Å². The Hall–Kier alpha value is -3.45. The van der Waals surface area contributed by atoms with Crippen molar-refractivity contribution in [3.63, 3.8) is 0 Å². The van der Waals surface area contributed by atoms with Crippen LogP contribution in [0, 0.1) is 0 Å². The molecule has 0 bridgehead atoms. The molecule has 0 saturated carbocycles. The minimum atomic E-state index is -4.68. The molecule has 1 fully saturated rings. The number of sulfone groups is 1. The van der Waals surface area contributed by atoms with Crippen molar-refractivity contribution in [1.29, 1.82) is 0 Å². The number of aromatic nitrogens is 3. The molecule has 3 heterocycles. The number of alkyl halides is 3. The molecule has 3 N–H and O–H groups in total. The van der Waals surface area contributed by atoms with Crippen LogP contribution in [0.4, 0.5) is 36.4 Å². The third-order valence-electron chi connectivity index (χ3n) is 5.07. The van der Waals surface area contributed by atoms with Crippen molar-refractivity contribution in [3.8, 4) is 11.3 Å². The zero-order valence-electron chi connectivity index (χ0n) is 18.0. The number of morpholine rings is 1. The quantitative estimate of drug-likeness (QED) is 0.551. The van der Waals surface area contributed by atoms with Crippen LogP contribution in [-0.2, 0) is 20.8 Å². The number of halogens is 3. The zero-order chi connectivity index (χ0) is 24.5. The van der Waals surface area contributed by atoms with E-state index in [2.05, 4.69) is 20.3 Å². The fraction of sp³-hybridized carbons (Fsp3) is 0.286. The van der Waals surface area contributed by atoms with E-state index in [1.54, 1.807) is 12.1 Å². The smallest absolute Gasteiger partial charge is 0.384 e. The fourth-order valence-electron chi connectivity index (χ4n) is 3.38. The van der Waals surface area contributed by atoms with Gasteiger partial charge in [0.15, 0.2) is 9.84 Å². The summed E-state index contributed by atoms with van der Waals surface area (Å²) in [5.41, 5.74) is 4.80. The van der Waals surface area contributed by atoms with Crippen LogP contribution in [-0.4, -0.2) is 55.9 Å². The van der Waals surface area contributed by atoms with E-state index in [1.165, 1.54) is 18.2 Å². The molecule has 1 aliphatic rings. The summed E-state index contributed by atoms with van der Waals surface area (Å²) in [7, 11) is -3.37. The number of nitrogens with zero attached hydrogens (tertiary/aromatic N) is 4. The second kappa shape index (κ2) is 9.06. The molecule has 9 nitrogen and oxygen atoms in total. The van der Waals surface area contributed by atoms with Gasteiger partial charge in [0.2, 0.25) is 5.95 Å². The molecule has 1 aromatic carbocycles. The van der Waals surface area contributed by atoms with Gasteiger partial charge in [-0.15, -0.1) is 0 Å². The maximum absolute atomic E-state index is 13.7.